The summed E-state index contributed by atoms with van der Waals surface area (Å²) in [4.78, 5) is 42.9. The molecule has 466 valence electrons. The van der Waals surface area contributed by atoms with Crippen molar-refractivity contribution >= 4 is 28.3 Å². The summed E-state index contributed by atoms with van der Waals surface area (Å²) in [6.45, 7) is 12.2. The quantitative estimate of drug-likeness (QED) is 0.0858. The Hall–Kier alpha value is -4.59. The predicted molar refractivity (Wildman–Crippen MR) is 288 cm³/mol. The van der Waals surface area contributed by atoms with Gasteiger partial charge in [-0.3, -0.25) is 9.59 Å². The van der Waals surface area contributed by atoms with Gasteiger partial charge in [0.05, 0.1) is 77.0 Å². The minimum absolute atomic E-state index is 0.0518. The fourth-order valence-electron chi connectivity index (χ4n) is 12.3. The van der Waals surface area contributed by atoms with Crippen molar-refractivity contribution in [1.29, 1.82) is 0 Å². The fourth-order valence-corrected chi connectivity index (χ4v) is 12.3. The predicted octanol–water partition coefficient (Wildman–Crippen LogP) is 1.62. The number of Topliss-reactive ketones (excluding diaryl/α,β-unsaturated/α-hetero) is 2. The van der Waals surface area contributed by atoms with Crippen LogP contribution in [0.5, 0.6) is 17.2 Å². The number of esters is 1. The maximum atomic E-state index is 15.3. The normalized spacial score (nSPS) is 39.4. The van der Waals surface area contributed by atoms with Crippen molar-refractivity contribution in [2.24, 2.45) is 5.92 Å². The molecule has 10 N–H and O–H groups in total. The Labute approximate surface area is 485 Å². The van der Waals surface area contributed by atoms with Crippen LogP contribution < -0.4 is 4.74 Å². The van der Waals surface area contributed by atoms with Crippen LogP contribution in [0.1, 0.15) is 112 Å². The van der Waals surface area contributed by atoms with Gasteiger partial charge >= 0.3 is 5.97 Å². The summed E-state index contributed by atoms with van der Waals surface area (Å²) in [6, 6.07) is 10.9. The molecule has 5 fully saturated rings. The van der Waals surface area contributed by atoms with Crippen molar-refractivity contribution in [2.45, 2.75) is 241 Å². The zero-order chi connectivity index (χ0) is 61.0. The molecule has 0 amide bonds. The standard InChI is InChI=1S/C59H80O25/c1-23-36(80-41-20-37(48(64)25(3)75-41)81-39-18-34(60)47(63)24(2)74-39)17-32-15-31-16-33(55(73-9)53(69)50(66)27(5)79-58(71)30-13-11-10-12-14-30)56(52(68)45(31)51(67)44(32)46(23)62)83-42-21-38(49(65)26(4)76-42)82-40-19-35(61)54(28(6)77-40)84-43-22-59(8,72)57(70)29(7)78-43/h10-15,17,24-29,33-35,37-43,47-50,54-57,60-67,70,72H,16,18-22H2,1-9H3/t24-,25-,26-,27-,28-,29-,33+,34-,35-,37+,38-,39+,40-,41+,42+,43+,47-,48-,49-,50+,54+,55+,56+,57-,59+/m1/s1. The summed E-state index contributed by atoms with van der Waals surface area (Å²) >= 11 is 0. The van der Waals surface area contributed by atoms with Crippen LogP contribution in [0.2, 0.25) is 0 Å². The molecule has 6 aliphatic rings. The van der Waals surface area contributed by atoms with Crippen molar-refractivity contribution in [3.63, 3.8) is 0 Å². The average molecular weight is 1190 g/mol. The number of phenolic OH excluding ortho intramolecular Hbond substituents is 2. The second-order valence-electron chi connectivity index (χ2n) is 23.5. The van der Waals surface area contributed by atoms with Crippen molar-refractivity contribution in [1.82, 2.24) is 0 Å². The third-order valence-electron chi connectivity index (χ3n) is 17.1. The first-order valence-electron chi connectivity index (χ1n) is 28.6. The van der Waals surface area contributed by atoms with E-state index in [9.17, 15) is 60.7 Å². The van der Waals surface area contributed by atoms with E-state index in [0.29, 0.717) is 0 Å². The molecular formula is C59H80O25. The number of phenols is 2. The number of aliphatic hydroxyl groups excluding tert-OH is 7. The maximum absolute atomic E-state index is 15.3. The Kier molecular flexibility index (Phi) is 19.8. The zero-order valence-electron chi connectivity index (χ0n) is 48.2. The molecule has 0 radical (unpaired) electrons. The Balaban J connectivity index is 0.974. The third-order valence-corrected chi connectivity index (χ3v) is 17.1. The molecule has 5 heterocycles. The van der Waals surface area contributed by atoms with Gasteiger partial charge in [0, 0.05) is 50.7 Å². The zero-order valence-corrected chi connectivity index (χ0v) is 48.2. The van der Waals surface area contributed by atoms with E-state index in [4.69, 9.17) is 56.8 Å². The summed E-state index contributed by atoms with van der Waals surface area (Å²) in [5.74, 6) is -5.05. The summed E-state index contributed by atoms with van der Waals surface area (Å²) in [6.07, 6.45) is -27.5. The molecular weight excluding hydrogens is 1110 g/mol. The molecule has 1 aliphatic carbocycles. The molecule has 5 aliphatic heterocycles. The molecule has 3 aromatic carbocycles. The van der Waals surface area contributed by atoms with Gasteiger partial charge in [0.25, 0.3) is 0 Å². The highest BCUT2D eigenvalue weighted by Crippen LogP contribution is 2.48. The molecule has 25 atom stereocenters. The Morgan fingerprint density at radius 1 is 0.690 bits per heavy atom. The lowest BCUT2D eigenvalue weighted by Gasteiger charge is -2.46. The van der Waals surface area contributed by atoms with Gasteiger partial charge in [-0.25, -0.2) is 4.79 Å². The first-order chi connectivity index (χ1) is 39.6. The lowest BCUT2D eigenvalue weighted by atomic mass is 9.75. The first kappa shape index (κ1) is 63.9. The average Bonchev–Trinajstić information content (AvgIpc) is 1.24. The number of methoxy groups -OCH3 is 1. The van der Waals surface area contributed by atoms with Gasteiger partial charge in [-0.1, -0.05) is 18.2 Å². The summed E-state index contributed by atoms with van der Waals surface area (Å²) in [5.41, 5.74) is -1.37. The number of ether oxygens (including phenoxy) is 12. The van der Waals surface area contributed by atoms with Gasteiger partial charge in [0.1, 0.15) is 66.1 Å². The van der Waals surface area contributed by atoms with E-state index in [1.807, 2.05) is 0 Å². The van der Waals surface area contributed by atoms with Gasteiger partial charge in [0.2, 0.25) is 6.29 Å². The van der Waals surface area contributed by atoms with Crippen molar-refractivity contribution in [3.05, 3.63) is 64.7 Å². The molecule has 0 spiro atoms. The summed E-state index contributed by atoms with van der Waals surface area (Å²) in [7, 11) is 1.18. The van der Waals surface area contributed by atoms with Crippen LogP contribution in [-0.2, 0) is 63.3 Å². The number of rotatable bonds is 17. The number of aliphatic hydroxyl groups is 8. The highest BCUT2D eigenvalue weighted by atomic mass is 16.7. The number of carbonyl (C=O) groups is 3. The van der Waals surface area contributed by atoms with Crippen LogP contribution in [0, 0.1) is 12.8 Å². The highest BCUT2D eigenvalue weighted by molar-refractivity contribution is 6.11. The second-order valence-corrected chi connectivity index (χ2v) is 23.5. The van der Waals surface area contributed by atoms with E-state index in [0.717, 1.165) is 0 Å². The molecule has 0 bridgehead atoms. The number of fused-ring (bicyclic) bond motifs is 2. The topological polar surface area (TPSA) is 364 Å². The number of aromatic hydroxyl groups is 2. The number of ketones is 2. The van der Waals surface area contributed by atoms with E-state index in [1.165, 1.54) is 59.1 Å². The molecule has 25 nitrogen and oxygen atoms in total. The molecule has 5 saturated heterocycles. The monoisotopic (exact) mass is 1190 g/mol. The van der Waals surface area contributed by atoms with Crippen LogP contribution in [-0.4, -0.2) is 223 Å². The van der Waals surface area contributed by atoms with Gasteiger partial charge in [-0.2, -0.15) is 0 Å². The lowest BCUT2D eigenvalue weighted by molar-refractivity contribution is -0.337. The molecule has 25 heteroatoms. The number of carbonyl (C=O) groups excluding carboxylic acids is 3. The lowest BCUT2D eigenvalue weighted by Crippen LogP contribution is -2.58. The van der Waals surface area contributed by atoms with E-state index >= 15 is 4.79 Å². The van der Waals surface area contributed by atoms with Gasteiger partial charge < -0.3 is 108 Å². The van der Waals surface area contributed by atoms with E-state index < -0.39 is 182 Å². The molecule has 3 aromatic rings. The Bertz CT molecular complexity index is 2770. The minimum Gasteiger partial charge on any atom is -0.507 e. The van der Waals surface area contributed by atoms with Crippen LogP contribution in [0.4, 0.5) is 0 Å². The SMILES string of the molecule is CO[C@H](C(=O)[C@@H](O)[C@@H](C)OC(=O)c1ccccc1)[C@@H]1Cc2cc3cc(O[C@H]4C[C@H](O[C@H]5C[C@@H](O)[C@H](O)[C@@H](C)O5)[C@H](O)[C@@H](C)O4)c(C)c(O)c3c(O)c2C(=O)[C@H]1O[C@H]1C[C@@H](O[C@@H]2C[C@@H](O)[C@@H](O[C@H]3C[C@](C)(O)[C@H](O)[C@@H](C)O3)[C@@H](C)O2)[C@H](O)[C@@H](C)O1. The van der Waals surface area contributed by atoms with Crippen molar-refractivity contribution < 1.29 is 122 Å². The summed E-state index contributed by atoms with van der Waals surface area (Å²) in [5, 5.41) is 111. The Morgan fingerprint density at radius 3 is 1.85 bits per heavy atom. The second kappa shape index (κ2) is 26.0. The fraction of sp³-hybridized carbons (Fsp3) is 0.678. The third kappa shape index (κ3) is 13.3. The van der Waals surface area contributed by atoms with Crippen molar-refractivity contribution in [3.8, 4) is 17.2 Å². The number of benzene rings is 3. The highest BCUT2D eigenvalue weighted by Gasteiger charge is 2.52. The van der Waals surface area contributed by atoms with E-state index in [2.05, 4.69) is 0 Å². The van der Waals surface area contributed by atoms with Crippen LogP contribution in [0.15, 0.2) is 42.5 Å². The number of hydrogen-bond donors (Lipinski definition) is 10. The van der Waals surface area contributed by atoms with Crippen LogP contribution in [0.25, 0.3) is 10.8 Å². The van der Waals surface area contributed by atoms with Gasteiger partial charge in [-0.15, -0.1) is 0 Å². The largest absolute Gasteiger partial charge is 0.507 e. The van der Waals surface area contributed by atoms with Gasteiger partial charge in [-0.05, 0) is 97.0 Å². The van der Waals surface area contributed by atoms with E-state index in [-0.39, 0.29) is 77.3 Å². The van der Waals surface area contributed by atoms with Crippen molar-refractivity contribution in [2.75, 3.05) is 7.11 Å². The Morgan fingerprint density at radius 2 is 1.25 bits per heavy atom. The summed E-state index contributed by atoms with van der Waals surface area (Å²) < 4.78 is 72.5. The molecule has 0 saturated carbocycles. The number of hydrogen-bond acceptors (Lipinski definition) is 25. The molecule has 0 unspecified atom stereocenters. The minimum atomic E-state index is -2.00. The van der Waals surface area contributed by atoms with E-state index in [1.54, 1.807) is 45.9 Å². The maximum Gasteiger partial charge on any atom is 0.338 e. The van der Waals surface area contributed by atoms with Gasteiger partial charge in [0.15, 0.2) is 42.8 Å². The molecule has 9 rings (SSSR count). The van der Waals surface area contributed by atoms with Crippen LogP contribution >= 0.6 is 0 Å². The van der Waals surface area contributed by atoms with Crippen LogP contribution in [0.3, 0.4) is 0 Å². The first-order valence-corrected chi connectivity index (χ1v) is 28.6. The molecule has 0 aromatic heterocycles. The molecule has 84 heavy (non-hydrogen) atoms. The smallest absolute Gasteiger partial charge is 0.338 e.